The van der Waals surface area contributed by atoms with Gasteiger partial charge in [0.1, 0.15) is 35.9 Å². The topological polar surface area (TPSA) is 125 Å². The Labute approximate surface area is 212 Å². The third-order valence-electron chi connectivity index (χ3n) is 6.75. The maximum absolute atomic E-state index is 13.0. The van der Waals surface area contributed by atoms with E-state index in [4.69, 9.17) is 14.2 Å². The molecule has 0 saturated carbocycles. The maximum Gasteiger partial charge on any atom is 0.255 e. The molecule has 0 radical (unpaired) electrons. The molecule has 11 nitrogen and oxygen atoms in total. The molecular formula is C26H25N5O6. The molecular weight excluding hydrogens is 478 g/mol. The van der Waals surface area contributed by atoms with Crippen molar-refractivity contribution in [3.63, 3.8) is 0 Å². The Balaban J connectivity index is 1.11. The third kappa shape index (κ3) is 4.65. The van der Waals surface area contributed by atoms with Crippen molar-refractivity contribution >= 4 is 17.7 Å². The van der Waals surface area contributed by atoms with Crippen LogP contribution in [-0.4, -0.2) is 63.0 Å². The van der Waals surface area contributed by atoms with E-state index in [1.807, 2.05) is 24.3 Å². The van der Waals surface area contributed by atoms with Gasteiger partial charge in [-0.25, -0.2) is 4.68 Å². The van der Waals surface area contributed by atoms with Crippen molar-refractivity contribution in [1.29, 1.82) is 0 Å². The highest BCUT2D eigenvalue weighted by molar-refractivity contribution is 6.05. The van der Waals surface area contributed by atoms with Gasteiger partial charge in [-0.1, -0.05) is 11.3 Å². The van der Waals surface area contributed by atoms with Gasteiger partial charge in [0.15, 0.2) is 0 Å². The highest BCUT2D eigenvalue weighted by atomic mass is 16.5. The molecule has 4 heterocycles. The van der Waals surface area contributed by atoms with E-state index in [1.54, 1.807) is 29.1 Å². The Kier molecular flexibility index (Phi) is 6.05. The van der Waals surface area contributed by atoms with Crippen LogP contribution in [0, 0.1) is 0 Å². The van der Waals surface area contributed by atoms with Gasteiger partial charge in [0, 0.05) is 24.0 Å². The molecule has 11 heteroatoms. The number of nitrogens with zero attached hydrogens (tertiary/aromatic N) is 4. The van der Waals surface area contributed by atoms with Crippen LogP contribution >= 0.6 is 0 Å². The van der Waals surface area contributed by atoms with Crippen molar-refractivity contribution in [3.05, 3.63) is 65.5 Å². The molecule has 2 aromatic carbocycles. The molecule has 3 aliphatic heterocycles. The molecule has 1 N–H and O–H groups in total. The quantitative estimate of drug-likeness (QED) is 0.484. The number of piperidine rings is 1. The van der Waals surface area contributed by atoms with E-state index in [1.165, 1.54) is 4.90 Å². The first kappa shape index (κ1) is 23.2. The lowest BCUT2D eigenvalue weighted by Crippen LogP contribution is -2.52. The monoisotopic (exact) mass is 503 g/mol. The summed E-state index contributed by atoms with van der Waals surface area (Å²) in [4.78, 5) is 38.3. The van der Waals surface area contributed by atoms with Gasteiger partial charge in [-0.05, 0) is 42.8 Å². The molecule has 2 unspecified atom stereocenters. The fourth-order valence-electron chi connectivity index (χ4n) is 4.81. The van der Waals surface area contributed by atoms with E-state index in [0.717, 1.165) is 24.5 Å². The van der Waals surface area contributed by atoms with E-state index >= 15 is 0 Å². The normalized spacial score (nSPS) is 21.2. The summed E-state index contributed by atoms with van der Waals surface area (Å²) in [6, 6.07) is 12.2. The van der Waals surface area contributed by atoms with Crippen molar-refractivity contribution in [2.75, 3.05) is 13.2 Å². The number of nitrogens with one attached hydrogen (secondary N) is 1. The summed E-state index contributed by atoms with van der Waals surface area (Å²) in [6.07, 6.45) is 3.28. The zero-order chi connectivity index (χ0) is 25.4. The van der Waals surface area contributed by atoms with E-state index in [9.17, 15) is 14.4 Å². The second-order valence-corrected chi connectivity index (χ2v) is 9.22. The molecule has 37 heavy (non-hydrogen) atoms. The summed E-state index contributed by atoms with van der Waals surface area (Å²) in [6.45, 7) is 1.74. The predicted octanol–water partition coefficient (Wildman–Crippen LogP) is 1.77. The van der Waals surface area contributed by atoms with Crippen LogP contribution in [0.4, 0.5) is 0 Å². The maximum atomic E-state index is 13.0. The lowest BCUT2D eigenvalue weighted by Gasteiger charge is -2.29. The molecule has 0 aliphatic carbocycles. The van der Waals surface area contributed by atoms with Gasteiger partial charge >= 0.3 is 0 Å². The van der Waals surface area contributed by atoms with Crippen molar-refractivity contribution in [3.8, 4) is 17.2 Å². The summed E-state index contributed by atoms with van der Waals surface area (Å²) in [5, 5.41) is 10.7. The van der Waals surface area contributed by atoms with Crippen molar-refractivity contribution in [2.24, 2.45) is 0 Å². The highest BCUT2D eigenvalue weighted by Crippen LogP contribution is 2.34. The van der Waals surface area contributed by atoms with Gasteiger partial charge in [-0.2, -0.15) is 0 Å². The first-order valence-corrected chi connectivity index (χ1v) is 12.2. The number of carbonyl (C=O) groups excluding carboxylic acids is 3. The molecule has 3 aliphatic rings. The fraction of sp³-hybridized carbons (Fsp3) is 0.346. The molecule has 2 fully saturated rings. The minimum absolute atomic E-state index is 0.0896. The van der Waals surface area contributed by atoms with Crippen LogP contribution in [0.2, 0.25) is 0 Å². The van der Waals surface area contributed by atoms with Gasteiger partial charge in [0.2, 0.25) is 11.8 Å². The highest BCUT2D eigenvalue weighted by Gasteiger charge is 2.40. The number of fused-ring (bicyclic) bond motifs is 1. The van der Waals surface area contributed by atoms with Crippen molar-refractivity contribution in [2.45, 2.75) is 44.6 Å². The Morgan fingerprint density at radius 3 is 2.73 bits per heavy atom. The Bertz CT molecular complexity index is 1350. The van der Waals surface area contributed by atoms with E-state index < -0.39 is 11.9 Å². The number of amides is 3. The zero-order valence-corrected chi connectivity index (χ0v) is 20.0. The molecule has 2 atom stereocenters. The van der Waals surface area contributed by atoms with Crippen LogP contribution < -0.4 is 14.8 Å². The Hall–Kier alpha value is -4.25. The molecule has 2 saturated heterocycles. The van der Waals surface area contributed by atoms with Crippen LogP contribution in [-0.2, 0) is 27.5 Å². The van der Waals surface area contributed by atoms with Crippen molar-refractivity contribution < 1.29 is 28.6 Å². The molecule has 190 valence electrons. The smallest absolute Gasteiger partial charge is 0.255 e. The Morgan fingerprint density at radius 2 is 1.95 bits per heavy atom. The minimum Gasteiger partial charge on any atom is -0.488 e. The number of carbonyl (C=O) groups is 3. The lowest BCUT2D eigenvalue weighted by atomic mass is 10.0. The third-order valence-corrected chi connectivity index (χ3v) is 6.75. The summed E-state index contributed by atoms with van der Waals surface area (Å²) in [5.74, 6) is 0.331. The zero-order valence-electron chi connectivity index (χ0n) is 20.0. The van der Waals surface area contributed by atoms with E-state index in [-0.39, 0.29) is 37.5 Å². The SMILES string of the molecule is O=C1CCC(N2Cc3c(OCc4cn(-c5ccc(OC6CCOC6)cc5)nn4)cccc3C2=O)C(=O)N1. The average Bonchev–Trinajstić information content (AvgIpc) is 3.65. The summed E-state index contributed by atoms with van der Waals surface area (Å²) < 4.78 is 18.9. The molecule has 0 bridgehead atoms. The van der Waals surface area contributed by atoms with Gasteiger partial charge in [-0.3, -0.25) is 19.7 Å². The average molecular weight is 504 g/mol. The van der Waals surface area contributed by atoms with Gasteiger partial charge in [0.25, 0.3) is 5.91 Å². The van der Waals surface area contributed by atoms with Gasteiger partial charge in [-0.15, -0.1) is 5.10 Å². The lowest BCUT2D eigenvalue weighted by molar-refractivity contribution is -0.136. The van der Waals surface area contributed by atoms with Crippen LogP contribution in [0.25, 0.3) is 5.69 Å². The van der Waals surface area contributed by atoms with Crippen LogP contribution in [0.1, 0.15) is 40.9 Å². The predicted molar refractivity (Wildman–Crippen MR) is 128 cm³/mol. The summed E-state index contributed by atoms with van der Waals surface area (Å²) >= 11 is 0. The second kappa shape index (κ2) is 9.66. The molecule has 0 spiro atoms. The molecule has 3 aromatic rings. The number of benzene rings is 2. The first-order chi connectivity index (χ1) is 18.0. The summed E-state index contributed by atoms with van der Waals surface area (Å²) in [5.41, 5.74) is 2.66. The molecule has 6 rings (SSSR count). The Morgan fingerprint density at radius 1 is 1.08 bits per heavy atom. The fourth-order valence-corrected chi connectivity index (χ4v) is 4.81. The number of aromatic nitrogens is 3. The number of hydrogen-bond donors (Lipinski definition) is 1. The van der Waals surface area contributed by atoms with Gasteiger partial charge < -0.3 is 19.1 Å². The number of ether oxygens (including phenoxy) is 3. The standard InChI is InChI=1S/C26H25N5O6/c32-24-9-8-22(25(33)27-24)30-13-21-20(26(30)34)2-1-3-23(21)36-14-16-12-31(29-28-16)17-4-6-18(7-5-17)37-19-10-11-35-15-19/h1-7,12,19,22H,8-11,13-15H2,(H,27,32,33). The van der Waals surface area contributed by atoms with Crippen LogP contribution in [0.3, 0.4) is 0 Å². The van der Waals surface area contributed by atoms with E-state index in [0.29, 0.717) is 35.6 Å². The first-order valence-electron chi connectivity index (χ1n) is 12.2. The van der Waals surface area contributed by atoms with Gasteiger partial charge in [0.05, 0.1) is 31.6 Å². The van der Waals surface area contributed by atoms with E-state index in [2.05, 4.69) is 15.6 Å². The second-order valence-electron chi connectivity index (χ2n) is 9.22. The van der Waals surface area contributed by atoms with Crippen LogP contribution in [0.5, 0.6) is 11.5 Å². The largest absolute Gasteiger partial charge is 0.488 e. The molecule has 3 amide bonds. The minimum atomic E-state index is -0.673. The van der Waals surface area contributed by atoms with Crippen LogP contribution in [0.15, 0.2) is 48.7 Å². The number of hydrogen-bond acceptors (Lipinski definition) is 8. The van der Waals surface area contributed by atoms with Crippen molar-refractivity contribution in [1.82, 2.24) is 25.2 Å². The summed E-state index contributed by atoms with van der Waals surface area (Å²) in [7, 11) is 0. The number of imide groups is 1. The molecule has 1 aromatic heterocycles. The number of rotatable bonds is 7.